The summed E-state index contributed by atoms with van der Waals surface area (Å²) in [5.41, 5.74) is 3.02. The lowest BCUT2D eigenvalue weighted by atomic mass is 9.98. The largest absolute Gasteiger partial charge is 0.355 e. The van der Waals surface area contributed by atoms with Gasteiger partial charge in [0.05, 0.1) is 5.92 Å². The topological polar surface area (TPSA) is 92.5 Å². The quantitative estimate of drug-likeness (QED) is 0.579. The number of anilines is 1. The number of carbonyl (C=O) groups is 1. The highest BCUT2D eigenvalue weighted by Crippen LogP contribution is 2.29. The monoisotopic (exact) mass is 465 g/mol. The average Bonchev–Trinajstić information content (AvgIpc) is 3.21. The first-order chi connectivity index (χ1) is 15.8. The number of sulfonamides is 1. The van der Waals surface area contributed by atoms with Crippen molar-refractivity contribution in [1.82, 2.24) is 9.46 Å². The van der Waals surface area contributed by atoms with Crippen LogP contribution in [-0.2, 0) is 14.8 Å². The standard InChI is InChI=1S/C25H27N3O4S/c1-18-10-13-22(14-11-18)26-25(29)21-9-6-16-28(17-21)33(30,31)24-19(2)27-32-23(24)15-12-20-7-4-3-5-8-20/h3-5,7-8,10-15,21H,6,9,16-17H2,1-2H3,(H,26,29)/b15-12+/t21-/m0/s1. The fourth-order valence-electron chi connectivity index (χ4n) is 3.92. The number of aromatic nitrogens is 1. The first-order valence-electron chi connectivity index (χ1n) is 10.9. The minimum atomic E-state index is -3.88. The van der Waals surface area contributed by atoms with Crippen molar-refractivity contribution in [1.29, 1.82) is 0 Å². The molecule has 0 spiro atoms. The van der Waals surface area contributed by atoms with Crippen LogP contribution in [0.3, 0.4) is 0 Å². The third-order valence-corrected chi connectivity index (χ3v) is 7.76. The van der Waals surface area contributed by atoms with Gasteiger partial charge in [0.2, 0.25) is 15.9 Å². The molecule has 3 aromatic rings. The van der Waals surface area contributed by atoms with Crippen LogP contribution in [0.15, 0.2) is 64.0 Å². The predicted octanol–water partition coefficient (Wildman–Crippen LogP) is 4.50. The Bertz CT molecular complexity index is 1250. The van der Waals surface area contributed by atoms with E-state index in [1.807, 2.05) is 61.5 Å². The molecule has 0 unspecified atom stereocenters. The Hall–Kier alpha value is -3.23. The molecule has 1 fully saturated rings. The highest BCUT2D eigenvalue weighted by atomic mass is 32.2. The lowest BCUT2D eigenvalue weighted by molar-refractivity contribution is -0.120. The molecule has 0 radical (unpaired) electrons. The number of benzene rings is 2. The average molecular weight is 466 g/mol. The lowest BCUT2D eigenvalue weighted by Gasteiger charge is -2.31. The minimum Gasteiger partial charge on any atom is -0.355 e. The van der Waals surface area contributed by atoms with Gasteiger partial charge >= 0.3 is 0 Å². The molecular weight excluding hydrogens is 438 g/mol. The van der Waals surface area contributed by atoms with E-state index in [-0.39, 0.29) is 23.1 Å². The maximum absolute atomic E-state index is 13.5. The van der Waals surface area contributed by atoms with Crippen molar-refractivity contribution in [3.8, 4) is 0 Å². The normalized spacial score (nSPS) is 17.3. The van der Waals surface area contributed by atoms with Crippen LogP contribution >= 0.6 is 0 Å². The van der Waals surface area contributed by atoms with Crippen molar-refractivity contribution in [2.24, 2.45) is 5.92 Å². The van der Waals surface area contributed by atoms with Crippen LogP contribution in [0, 0.1) is 19.8 Å². The van der Waals surface area contributed by atoms with Gasteiger partial charge in [-0.1, -0.05) is 59.3 Å². The summed E-state index contributed by atoms with van der Waals surface area (Å²) in [6.45, 7) is 4.06. The van der Waals surface area contributed by atoms with Crippen LogP contribution in [-0.4, -0.2) is 36.9 Å². The Morgan fingerprint density at radius 3 is 2.55 bits per heavy atom. The molecule has 1 N–H and O–H groups in total. The number of hydrogen-bond acceptors (Lipinski definition) is 5. The molecule has 33 heavy (non-hydrogen) atoms. The van der Waals surface area contributed by atoms with E-state index in [4.69, 9.17) is 4.52 Å². The highest BCUT2D eigenvalue weighted by molar-refractivity contribution is 7.89. The molecule has 2 heterocycles. The molecule has 0 aliphatic carbocycles. The van der Waals surface area contributed by atoms with Crippen LogP contribution in [0.5, 0.6) is 0 Å². The summed E-state index contributed by atoms with van der Waals surface area (Å²) in [6.07, 6.45) is 4.64. The summed E-state index contributed by atoms with van der Waals surface area (Å²) in [7, 11) is -3.88. The molecule has 4 rings (SSSR count). The second-order valence-electron chi connectivity index (χ2n) is 8.26. The number of nitrogens with zero attached hydrogens (tertiary/aromatic N) is 2. The van der Waals surface area contributed by atoms with Crippen molar-refractivity contribution in [2.45, 2.75) is 31.6 Å². The van der Waals surface area contributed by atoms with Gasteiger partial charge in [0.15, 0.2) is 10.7 Å². The first-order valence-corrected chi connectivity index (χ1v) is 12.4. The summed E-state index contributed by atoms with van der Waals surface area (Å²) in [5, 5.41) is 6.80. The van der Waals surface area contributed by atoms with E-state index < -0.39 is 15.9 Å². The van der Waals surface area contributed by atoms with Crippen molar-refractivity contribution in [3.63, 3.8) is 0 Å². The summed E-state index contributed by atoms with van der Waals surface area (Å²) >= 11 is 0. The number of amides is 1. The van der Waals surface area contributed by atoms with Crippen molar-refractivity contribution in [2.75, 3.05) is 18.4 Å². The van der Waals surface area contributed by atoms with E-state index in [0.29, 0.717) is 30.8 Å². The van der Waals surface area contributed by atoms with Crippen molar-refractivity contribution in [3.05, 3.63) is 77.2 Å². The Balaban J connectivity index is 1.52. The molecule has 7 nitrogen and oxygen atoms in total. The fraction of sp³-hybridized carbons (Fsp3) is 0.280. The van der Waals surface area contributed by atoms with E-state index in [2.05, 4.69) is 10.5 Å². The van der Waals surface area contributed by atoms with Crippen LogP contribution < -0.4 is 5.32 Å². The molecule has 1 amide bonds. The van der Waals surface area contributed by atoms with Crippen LogP contribution in [0.2, 0.25) is 0 Å². The maximum atomic E-state index is 13.5. The molecular formula is C25H27N3O4S. The minimum absolute atomic E-state index is 0.0503. The Morgan fingerprint density at radius 2 is 1.82 bits per heavy atom. The lowest BCUT2D eigenvalue weighted by Crippen LogP contribution is -2.43. The zero-order valence-corrected chi connectivity index (χ0v) is 19.5. The van der Waals surface area contributed by atoms with Crippen molar-refractivity contribution >= 4 is 33.8 Å². The zero-order chi connectivity index (χ0) is 23.4. The van der Waals surface area contributed by atoms with Gasteiger partial charge < -0.3 is 9.84 Å². The molecule has 1 saturated heterocycles. The van der Waals surface area contributed by atoms with E-state index >= 15 is 0 Å². The first kappa shape index (κ1) is 22.9. The van der Waals surface area contributed by atoms with E-state index in [1.54, 1.807) is 19.1 Å². The molecule has 172 valence electrons. The second-order valence-corrected chi connectivity index (χ2v) is 10.1. The van der Waals surface area contributed by atoms with Crippen LogP contribution in [0.1, 0.15) is 35.4 Å². The molecule has 0 bridgehead atoms. The number of carbonyl (C=O) groups excluding carboxylic acids is 1. The summed E-state index contributed by atoms with van der Waals surface area (Å²) in [4.78, 5) is 12.9. The highest BCUT2D eigenvalue weighted by Gasteiger charge is 2.36. The van der Waals surface area contributed by atoms with Gasteiger partial charge in [-0.25, -0.2) is 8.42 Å². The second kappa shape index (κ2) is 9.72. The maximum Gasteiger partial charge on any atom is 0.248 e. The van der Waals surface area contributed by atoms with Gasteiger partial charge in [-0.05, 0) is 50.5 Å². The fourth-order valence-corrected chi connectivity index (χ4v) is 5.69. The summed E-state index contributed by atoms with van der Waals surface area (Å²) in [6, 6.07) is 17.1. The summed E-state index contributed by atoms with van der Waals surface area (Å²) in [5.74, 6) is -0.425. The van der Waals surface area contributed by atoms with Gasteiger partial charge in [-0.2, -0.15) is 4.31 Å². The van der Waals surface area contributed by atoms with Crippen LogP contribution in [0.25, 0.3) is 12.2 Å². The van der Waals surface area contributed by atoms with Crippen molar-refractivity contribution < 1.29 is 17.7 Å². The van der Waals surface area contributed by atoms with Gasteiger partial charge in [0.1, 0.15) is 5.69 Å². The van der Waals surface area contributed by atoms with Gasteiger partial charge in [-0.3, -0.25) is 4.79 Å². The van der Waals surface area contributed by atoms with E-state index in [9.17, 15) is 13.2 Å². The number of aryl methyl sites for hydroxylation is 2. The number of piperidine rings is 1. The molecule has 1 aliphatic rings. The number of rotatable bonds is 6. The predicted molar refractivity (Wildman–Crippen MR) is 128 cm³/mol. The third-order valence-electron chi connectivity index (χ3n) is 5.73. The molecule has 2 aromatic carbocycles. The Morgan fingerprint density at radius 1 is 1.09 bits per heavy atom. The van der Waals surface area contributed by atoms with Gasteiger partial charge in [0, 0.05) is 18.8 Å². The third kappa shape index (κ3) is 5.23. The Labute approximate surface area is 194 Å². The molecule has 1 aromatic heterocycles. The molecule has 1 aliphatic heterocycles. The SMILES string of the molecule is Cc1ccc(NC(=O)[C@H]2CCCN(S(=O)(=O)c3c(C)noc3/C=C/c3ccccc3)C2)cc1. The van der Waals surface area contributed by atoms with E-state index in [1.165, 1.54) is 4.31 Å². The van der Waals surface area contributed by atoms with Crippen LogP contribution in [0.4, 0.5) is 5.69 Å². The molecule has 1 atom stereocenters. The number of nitrogens with one attached hydrogen (secondary N) is 1. The summed E-state index contributed by atoms with van der Waals surface area (Å²) < 4.78 is 33.8. The van der Waals surface area contributed by atoms with E-state index in [0.717, 1.165) is 11.1 Å². The smallest absolute Gasteiger partial charge is 0.248 e. The van der Waals surface area contributed by atoms with Gasteiger partial charge in [0.25, 0.3) is 0 Å². The van der Waals surface area contributed by atoms with Gasteiger partial charge in [-0.15, -0.1) is 0 Å². The number of hydrogen-bond donors (Lipinski definition) is 1. The Kier molecular flexibility index (Phi) is 6.76. The zero-order valence-electron chi connectivity index (χ0n) is 18.7. The molecule has 8 heteroatoms. The molecule has 0 saturated carbocycles.